The summed E-state index contributed by atoms with van der Waals surface area (Å²) in [6.07, 6.45) is 0. The van der Waals surface area contributed by atoms with E-state index in [1.165, 1.54) is 19.2 Å². The van der Waals surface area contributed by atoms with Crippen LogP contribution in [0.25, 0.3) is 0 Å². The number of hydrogen-bond acceptors (Lipinski definition) is 4. The lowest BCUT2D eigenvalue weighted by molar-refractivity contribution is 0.0584. The van der Waals surface area contributed by atoms with E-state index in [2.05, 4.69) is 10.6 Å². The minimum Gasteiger partial charge on any atom is -0.495 e. The molecule has 0 aliphatic carbocycles. The Kier molecular flexibility index (Phi) is 5.14. The van der Waals surface area contributed by atoms with Crippen LogP contribution in [0.2, 0.25) is 0 Å². The van der Waals surface area contributed by atoms with Crippen LogP contribution in [-0.4, -0.2) is 24.8 Å². The van der Waals surface area contributed by atoms with Crippen LogP contribution in [0.4, 0.5) is 14.9 Å². The monoisotopic (exact) mass is 336 g/mol. The van der Waals surface area contributed by atoms with E-state index < -0.39 is 17.4 Å². The van der Waals surface area contributed by atoms with Crippen molar-refractivity contribution in [2.24, 2.45) is 0 Å². The van der Waals surface area contributed by atoms with Crippen molar-refractivity contribution in [3.05, 3.63) is 47.2 Å². The molecule has 0 aliphatic heterocycles. The molecule has 2 amide bonds. The van der Waals surface area contributed by atoms with Crippen LogP contribution in [-0.2, 0) is 5.60 Å². The van der Waals surface area contributed by atoms with E-state index in [9.17, 15) is 14.3 Å². The maximum absolute atomic E-state index is 13.3. The molecule has 0 saturated carbocycles. The van der Waals surface area contributed by atoms with E-state index in [0.717, 1.165) is 6.07 Å². The van der Waals surface area contributed by atoms with E-state index in [4.69, 9.17) is 9.15 Å². The number of furan rings is 1. The zero-order valence-electron chi connectivity index (χ0n) is 14.1. The molecule has 0 aliphatic rings. The second-order valence-corrected chi connectivity index (χ2v) is 5.75. The number of methoxy groups -OCH3 is 1. The van der Waals surface area contributed by atoms with Crippen molar-refractivity contribution in [1.29, 1.82) is 0 Å². The molecule has 24 heavy (non-hydrogen) atoms. The average molecular weight is 336 g/mol. The Hall–Kier alpha value is -2.54. The van der Waals surface area contributed by atoms with Crippen molar-refractivity contribution < 1.29 is 23.4 Å². The van der Waals surface area contributed by atoms with E-state index >= 15 is 0 Å². The minimum absolute atomic E-state index is 0.0454. The molecule has 1 aromatic heterocycles. The number of halogens is 1. The third-order valence-electron chi connectivity index (χ3n) is 3.62. The summed E-state index contributed by atoms with van der Waals surface area (Å²) in [5, 5.41) is 15.6. The Morgan fingerprint density at radius 2 is 2.08 bits per heavy atom. The van der Waals surface area contributed by atoms with Gasteiger partial charge in [-0.1, -0.05) is 0 Å². The van der Waals surface area contributed by atoms with Gasteiger partial charge in [0.15, 0.2) is 0 Å². The number of anilines is 1. The van der Waals surface area contributed by atoms with E-state index in [1.54, 1.807) is 26.8 Å². The fourth-order valence-corrected chi connectivity index (χ4v) is 2.46. The predicted octanol–water partition coefficient (Wildman–Crippen LogP) is 3.07. The number of urea groups is 1. The molecule has 1 aromatic carbocycles. The van der Waals surface area contributed by atoms with Gasteiger partial charge in [-0.25, -0.2) is 9.18 Å². The number of ether oxygens (including phenoxy) is 1. The Morgan fingerprint density at radius 1 is 1.38 bits per heavy atom. The van der Waals surface area contributed by atoms with Gasteiger partial charge < -0.3 is 24.9 Å². The third-order valence-corrected chi connectivity index (χ3v) is 3.62. The average Bonchev–Trinajstić information content (AvgIpc) is 2.85. The van der Waals surface area contributed by atoms with Gasteiger partial charge in [-0.15, -0.1) is 0 Å². The van der Waals surface area contributed by atoms with E-state index in [1.807, 2.05) is 0 Å². The molecule has 1 unspecified atom stereocenters. The van der Waals surface area contributed by atoms with Gasteiger partial charge in [-0.2, -0.15) is 0 Å². The van der Waals surface area contributed by atoms with Gasteiger partial charge in [-0.3, -0.25) is 0 Å². The number of carbonyl (C=O) groups excluding carboxylic acids is 1. The first kappa shape index (κ1) is 17.8. The zero-order valence-corrected chi connectivity index (χ0v) is 14.1. The fourth-order valence-electron chi connectivity index (χ4n) is 2.46. The highest BCUT2D eigenvalue weighted by atomic mass is 19.1. The second-order valence-electron chi connectivity index (χ2n) is 5.75. The maximum Gasteiger partial charge on any atom is 0.319 e. The largest absolute Gasteiger partial charge is 0.495 e. The normalized spacial score (nSPS) is 13.2. The molecule has 3 N–H and O–H groups in total. The van der Waals surface area contributed by atoms with Crippen LogP contribution in [0, 0.1) is 19.7 Å². The van der Waals surface area contributed by atoms with Gasteiger partial charge in [0, 0.05) is 11.6 Å². The maximum atomic E-state index is 13.3. The Labute approximate surface area is 139 Å². The van der Waals surface area contributed by atoms with Crippen LogP contribution in [0.15, 0.2) is 28.7 Å². The lowest BCUT2D eigenvalue weighted by atomic mass is 9.96. The Balaban J connectivity index is 2.03. The van der Waals surface area contributed by atoms with E-state index in [0.29, 0.717) is 22.8 Å². The lowest BCUT2D eigenvalue weighted by Crippen LogP contribution is -2.40. The summed E-state index contributed by atoms with van der Waals surface area (Å²) in [6, 6.07) is 4.94. The van der Waals surface area contributed by atoms with E-state index in [-0.39, 0.29) is 12.2 Å². The summed E-state index contributed by atoms with van der Waals surface area (Å²) in [5.41, 5.74) is -0.501. The number of aryl methyl sites for hydroxylation is 2. The van der Waals surface area contributed by atoms with Crippen molar-refractivity contribution in [2.45, 2.75) is 26.4 Å². The number of benzene rings is 1. The molecule has 1 atom stereocenters. The van der Waals surface area contributed by atoms with Gasteiger partial charge in [0.1, 0.15) is 28.7 Å². The topological polar surface area (TPSA) is 83.7 Å². The molecule has 2 aromatic rings. The summed E-state index contributed by atoms with van der Waals surface area (Å²) in [7, 11) is 1.42. The Morgan fingerprint density at radius 3 is 2.67 bits per heavy atom. The van der Waals surface area contributed by atoms with Crippen molar-refractivity contribution in [2.75, 3.05) is 19.0 Å². The quantitative estimate of drug-likeness (QED) is 0.783. The molecular formula is C17H21FN2O4. The number of rotatable bonds is 5. The predicted molar refractivity (Wildman–Crippen MR) is 87.7 cm³/mol. The van der Waals surface area contributed by atoms with Crippen molar-refractivity contribution >= 4 is 11.7 Å². The number of amides is 2. The van der Waals surface area contributed by atoms with Crippen LogP contribution >= 0.6 is 0 Å². The highest BCUT2D eigenvalue weighted by Crippen LogP contribution is 2.27. The van der Waals surface area contributed by atoms with Crippen LogP contribution in [0.5, 0.6) is 5.75 Å². The van der Waals surface area contributed by atoms with Crippen LogP contribution < -0.4 is 15.4 Å². The van der Waals surface area contributed by atoms with Gasteiger partial charge in [0.25, 0.3) is 0 Å². The molecule has 0 fully saturated rings. The molecular weight excluding hydrogens is 315 g/mol. The number of aliphatic hydroxyl groups is 1. The second kappa shape index (κ2) is 6.92. The lowest BCUT2D eigenvalue weighted by Gasteiger charge is -2.23. The van der Waals surface area contributed by atoms with Crippen LogP contribution in [0.1, 0.15) is 24.0 Å². The molecule has 7 heteroatoms. The molecule has 0 spiro atoms. The van der Waals surface area contributed by atoms with Gasteiger partial charge in [0.05, 0.1) is 19.3 Å². The van der Waals surface area contributed by atoms with Crippen molar-refractivity contribution in [3.8, 4) is 5.75 Å². The molecule has 2 rings (SSSR count). The SMILES string of the molecule is COc1ccc(F)cc1NC(=O)NCC(C)(O)c1cc(C)oc1C. The highest BCUT2D eigenvalue weighted by Gasteiger charge is 2.28. The van der Waals surface area contributed by atoms with Gasteiger partial charge in [-0.05, 0) is 39.0 Å². The van der Waals surface area contributed by atoms with Crippen molar-refractivity contribution in [1.82, 2.24) is 5.32 Å². The summed E-state index contributed by atoms with van der Waals surface area (Å²) in [6.45, 7) is 5.06. The number of hydrogen-bond donors (Lipinski definition) is 3. The standard InChI is InChI=1S/C17H21FN2O4/c1-10-7-13(11(2)24-10)17(3,22)9-19-16(21)20-14-8-12(18)5-6-15(14)23-4/h5-8,22H,9H2,1-4H3,(H2,19,20,21). The molecule has 0 bridgehead atoms. The first-order chi connectivity index (χ1) is 11.2. The summed E-state index contributed by atoms with van der Waals surface area (Å²) in [4.78, 5) is 12.0. The smallest absolute Gasteiger partial charge is 0.319 e. The van der Waals surface area contributed by atoms with Crippen LogP contribution in [0.3, 0.4) is 0 Å². The molecule has 6 nitrogen and oxygen atoms in total. The van der Waals surface area contributed by atoms with Gasteiger partial charge in [0.2, 0.25) is 0 Å². The minimum atomic E-state index is -1.30. The first-order valence-corrected chi connectivity index (χ1v) is 7.41. The van der Waals surface area contributed by atoms with Gasteiger partial charge >= 0.3 is 6.03 Å². The highest BCUT2D eigenvalue weighted by molar-refractivity contribution is 5.90. The molecule has 0 radical (unpaired) electrons. The first-order valence-electron chi connectivity index (χ1n) is 7.41. The Bertz CT molecular complexity index is 740. The summed E-state index contributed by atoms with van der Waals surface area (Å²) >= 11 is 0. The summed E-state index contributed by atoms with van der Waals surface area (Å²) in [5.74, 6) is 1.10. The fraction of sp³-hybridized carbons (Fsp3) is 0.353. The zero-order chi connectivity index (χ0) is 17.9. The number of carbonyl (C=O) groups is 1. The number of nitrogens with one attached hydrogen (secondary N) is 2. The third kappa shape index (κ3) is 4.05. The van der Waals surface area contributed by atoms with Crippen molar-refractivity contribution in [3.63, 3.8) is 0 Å². The molecule has 130 valence electrons. The summed E-state index contributed by atoms with van der Waals surface area (Å²) < 4.78 is 23.8. The molecule has 0 saturated heterocycles. The molecule has 1 heterocycles.